The Labute approximate surface area is 165 Å². The van der Waals surface area contributed by atoms with Gasteiger partial charge in [-0.1, -0.05) is 15.9 Å². The van der Waals surface area contributed by atoms with Crippen molar-refractivity contribution < 1.29 is 14.3 Å². The van der Waals surface area contributed by atoms with Gasteiger partial charge in [-0.05, 0) is 62.4 Å². The molecule has 1 aromatic carbocycles. The van der Waals surface area contributed by atoms with Crippen molar-refractivity contribution in [2.45, 2.75) is 32.6 Å². The molecule has 0 unspecified atom stereocenters. The molecule has 138 valence electrons. The number of thiophene rings is 1. The molecule has 1 heterocycles. The van der Waals surface area contributed by atoms with Crippen LogP contribution in [0.15, 0.2) is 28.7 Å². The number of amides is 2. The van der Waals surface area contributed by atoms with E-state index in [0.717, 1.165) is 35.7 Å². The maximum Gasteiger partial charge on any atom is 0.262 e. The van der Waals surface area contributed by atoms with E-state index in [4.69, 9.17) is 4.74 Å². The molecular formula is C19H21BrN2O3S. The zero-order chi connectivity index (χ0) is 18.5. The van der Waals surface area contributed by atoms with Crippen LogP contribution in [0.25, 0.3) is 0 Å². The first kappa shape index (κ1) is 18.9. The monoisotopic (exact) mass is 436 g/mol. The van der Waals surface area contributed by atoms with E-state index in [1.165, 1.54) is 16.2 Å². The summed E-state index contributed by atoms with van der Waals surface area (Å²) >= 11 is 4.87. The van der Waals surface area contributed by atoms with E-state index in [1.807, 2.05) is 19.1 Å². The number of fused-ring (bicyclic) bond motifs is 1. The Kier molecular flexibility index (Phi) is 6.32. The number of ether oxygens (including phenoxy) is 1. The van der Waals surface area contributed by atoms with Crippen LogP contribution in [-0.2, 0) is 17.6 Å². The van der Waals surface area contributed by atoms with Gasteiger partial charge >= 0.3 is 0 Å². The summed E-state index contributed by atoms with van der Waals surface area (Å²) in [4.78, 5) is 26.0. The number of carbonyl (C=O) groups excluding carboxylic acids is 2. The summed E-state index contributed by atoms with van der Waals surface area (Å²) in [7, 11) is 0. The van der Waals surface area contributed by atoms with Crippen LogP contribution in [-0.4, -0.2) is 25.0 Å². The van der Waals surface area contributed by atoms with Gasteiger partial charge in [-0.15, -0.1) is 11.3 Å². The summed E-state index contributed by atoms with van der Waals surface area (Å²) in [5.74, 6) is 0.242. The molecule has 7 heteroatoms. The second-order valence-corrected chi connectivity index (χ2v) is 8.09. The molecule has 2 aromatic rings. The van der Waals surface area contributed by atoms with Crippen molar-refractivity contribution in [1.29, 1.82) is 0 Å². The van der Waals surface area contributed by atoms with Crippen LogP contribution in [0.5, 0.6) is 5.75 Å². The van der Waals surface area contributed by atoms with Gasteiger partial charge in [0.1, 0.15) is 10.8 Å². The molecule has 2 N–H and O–H groups in total. The number of anilines is 1. The third-order valence-electron chi connectivity index (χ3n) is 4.17. The smallest absolute Gasteiger partial charge is 0.262 e. The molecule has 0 radical (unpaired) electrons. The average molecular weight is 437 g/mol. The molecule has 0 aliphatic heterocycles. The van der Waals surface area contributed by atoms with Crippen LogP contribution in [0, 0.1) is 0 Å². The lowest BCUT2D eigenvalue weighted by Crippen LogP contribution is -2.26. The normalized spacial score (nSPS) is 13.0. The first-order chi connectivity index (χ1) is 12.6. The number of nitrogens with one attached hydrogen (secondary N) is 2. The average Bonchev–Trinajstić information content (AvgIpc) is 2.99. The first-order valence-electron chi connectivity index (χ1n) is 8.69. The second-order valence-electron chi connectivity index (χ2n) is 6.07. The molecule has 1 aliphatic carbocycles. The number of hydrogen-bond donors (Lipinski definition) is 2. The van der Waals surface area contributed by atoms with Gasteiger partial charge in [-0.2, -0.15) is 0 Å². The van der Waals surface area contributed by atoms with E-state index >= 15 is 0 Å². The summed E-state index contributed by atoms with van der Waals surface area (Å²) in [6.45, 7) is 2.35. The fourth-order valence-electron chi connectivity index (χ4n) is 2.99. The van der Waals surface area contributed by atoms with E-state index in [2.05, 4.69) is 26.6 Å². The van der Waals surface area contributed by atoms with Crippen molar-refractivity contribution >= 4 is 44.1 Å². The first-order valence-corrected chi connectivity index (χ1v) is 10.3. The van der Waals surface area contributed by atoms with Gasteiger partial charge in [-0.25, -0.2) is 0 Å². The summed E-state index contributed by atoms with van der Waals surface area (Å²) in [5.41, 5.74) is 1.72. The predicted octanol–water partition coefficient (Wildman–Crippen LogP) is 4.16. The lowest BCUT2D eigenvalue weighted by molar-refractivity contribution is -0.118. The van der Waals surface area contributed by atoms with Gasteiger partial charge in [0, 0.05) is 15.9 Å². The molecule has 0 atom stereocenters. The lowest BCUT2D eigenvalue weighted by Gasteiger charge is -2.13. The number of rotatable bonds is 6. The van der Waals surface area contributed by atoms with E-state index in [1.54, 1.807) is 12.1 Å². The third kappa shape index (κ3) is 4.45. The molecule has 0 saturated carbocycles. The van der Waals surface area contributed by atoms with Crippen LogP contribution in [0.4, 0.5) is 5.00 Å². The zero-order valence-electron chi connectivity index (χ0n) is 14.6. The number of hydrogen-bond acceptors (Lipinski definition) is 4. The van der Waals surface area contributed by atoms with Gasteiger partial charge in [0.2, 0.25) is 0 Å². The Morgan fingerprint density at radius 1 is 1.19 bits per heavy atom. The van der Waals surface area contributed by atoms with Crippen molar-refractivity contribution in [1.82, 2.24) is 5.32 Å². The fraction of sp³-hybridized carbons (Fsp3) is 0.368. The van der Waals surface area contributed by atoms with Gasteiger partial charge in [0.15, 0.2) is 6.61 Å². The Morgan fingerprint density at radius 2 is 1.92 bits per heavy atom. The lowest BCUT2D eigenvalue weighted by atomic mass is 9.95. The largest absolute Gasteiger partial charge is 0.484 e. The SMILES string of the molecule is CCNC(=O)c1c(NC(=O)COc2ccc(Br)cc2)sc2c1CCCC2. The minimum absolute atomic E-state index is 0.0982. The van der Waals surface area contributed by atoms with Crippen LogP contribution in [0.3, 0.4) is 0 Å². The summed E-state index contributed by atoms with van der Waals surface area (Å²) in [6, 6.07) is 7.30. The van der Waals surface area contributed by atoms with Crippen molar-refractivity contribution in [2.24, 2.45) is 0 Å². The second kappa shape index (κ2) is 8.68. The zero-order valence-corrected chi connectivity index (χ0v) is 17.0. The summed E-state index contributed by atoms with van der Waals surface area (Å²) in [5, 5.41) is 6.36. The minimum atomic E-state index is -0.267. The summed E-state index contributed by atoms with van der Waals surface area (Å²) < 4.78 is 6.47. The molecule has 0 spiro atoms. The van der Waals surface area contributed by atoms with Gasteiger partial charge < -0.3 is 15.4 Å². The number of benzene rings is 1. The van der Waals surface area contributed by atoms with E-state index in [9.17, 15) is 9.59 Å². The molecule has 0 bridgehead atoms. The highest BCUT2D eigenvalue weighted by atomic mass is 79.9. The Bertz CT molecular complexity index is 802. The molecule has 2 amide bonds. The van der Waals surface area contributed by atoms with E-state index in [-0.39, 0.29) is 18.4 Å². The molecular weight excluding hydrogens is 416 g/mol. The van der Waals surface area contributed by atoms with E-state index in [0.29, 0.717) is 22.9 Å². The molecule has 0 fully saturated rings. The van der Waals surface area contributed by atoms with Crippen molar-refractivity contribution in [3.8, 4) is 5.75 Å². The molecule has 1 aromatic heterocycles. The van der Waals surface area contributed by atoms with Crippen LogP contribution >= 0.6 is 27.3 Å². The minimum Gasteiger partial charge on any atom is -0.484 e. The Hall–Kier alpha value is -1.86. The molecule has 26 heavy (non-hydrogen) atoms. The highest BCUT2D eigenvalue weighted by Crippen LogP contribution is 2.38. The summed E-state index contributed by atoms with van der Waals surface area (Å²) in [6.07, 6.45) is 4.07. The Balaban J connectivity index is 1.71. The van der Waals surface area contributed by atoms with Gasteiger partial charge in [0.05, 0.1) is 5.56 Å². The number of halogens is 1. The van der Waals surface area contributed by atoms with E-state index < -0.39 is 0 Å². The van der Waals surface area contributed by atoms with Crippen molar-refractivity contribution in [3.63, 3.8) is 0 Å². The fourth-order valence-corrected chi connectivity index (χ4v) is 4.55. The Morgan fingerprint density at radius 3 is 2.65 bits per heavy atom. The molecule has 3 rings (SSSR count). The van der Waals surface area contributed by atoms with Crippen molar-refractivity contribution in [2.75, 3.05) is 18.5 Å². The van der Waals surface area contributed by atoms with Crippen LogP contribution in [0.1, 0.15) is 40.6 Å². The quantitative estimate of drug-likeness (QED) is 0.714. The standard InChI is InChI=1S/C19H21BrN2O3S/c1-2-21-18(24)17-14-5-3-4-6-15(14)26-19(17)22-16(23)11-25-13-9-7-12(20)8-10-13/h7-10H,2-6,11H2,1H3,(H,21,24)(H,22,23). The highest BCUT2D eigenvalue weighted by molar-refractivity contribution is 9.10. The molecule has 0 saturated heterocycles. The molecule has 5 nitrogen and oxygen atoms in total. The number of aryl methyl sites for hydroxylation is 1. The van der Waals surface area contributed by atoms with Crippen molar-refractivity contribution in [3.05, 3.63) is 44.7 Å². The van der Waals surface area contributed by atoms with Crippen LogP contribution in [0.2, 0.25) is 0 Å². The predicted molar refractivity (Wildman–Crippen MR) is 107 cm³/mol. The third-order valence-corrected chi connectivity index (χ3v) is 5.91. The molecule has 1 aliphatic rings. The highest BCUT2D eigenvalue weighted by Gasteiger charge is 2.26. The van der Waals surface area contributed by atoms with Gasteiger partial charge in [0.25, 0.3) is 11.8 Å². The van der Waals surface area contributed by atoms with Gasteiger partial charge in [-0.3, -0.25) is 9.59 Å². The maximum atomic E-state index is 12.5. The maximum absolute atomic E-state index is 12.5. The number of carbonyl (C=O) groups is 2. The topological polar surface area (TPSA) is 67.4 Å². The van der Waals surface area contributed by atoms with Crippen LogP contribution < -0.4 is 15.4 Å².